The first-order chi connectivity index (χ1) is 15.6. The molecule has 0 bridgehead atoms. The summed E-state index contributed by atoms with van der Waals surface area (Å²) in [5, 5.41) is 3.13. The van der Waals surface area contributed by atoms with Crippen molar-refractivity contribution < 1.29 is 13.2 Å². The molecule has 1 amide bonds. The number of carbonyl (C=O) groups excluding carboxylic acids is 1. The van der Waals surface area contributed by atoms with Gasteiger partial charge in [-0.1, -0.05) is 66.7 Å². The molecular weight excluding hydrogens is 422 g/mol. The van der Waals surface area contributed by atoms with Gasteiger partial charge >= 0.3 is 0 Å². The Morgan fingerprint density at radius 2 is 1.53 bits per heavy atom. The van der Waals surface area contributed by atoms with Crippen LogP contribution in [0.3, 0.4) is 0 Å². The molecule has 1 aromatic heterocycles. The number of unbranched alkanes of at least 4 members (excludes halogenated alkanes) is 1. The van der Waals surface area contributed by atoms with Crippen molar-refractivity contribution in [2.24, 2.45) is 0 Å². The number of amides is 1. The first-order valence-electron chi connectivity index (χ1n) is 10.6. The van der Waals surface area contributed by atoms with E-state index in [4.69, 9.17) is 0 Å². The molecule has 7 heteroatoms. The molecule has 164 valence electrons. The number of hydrogen-bond acceptors (Lipinski definition) is 5. The summed E-state index contributed by atoms with van der Waals surface area (Å²) in [4.78, 5) is 17.4. The largest absolute Gasteiger partial charge is 0.379 e. The van der Waals surface area contributed by atoms with Gasteiger partial charge in [-0.2, -0.15) is 0 Å². The molecule has 0 saturated heterocycles. The van der Waals surface area contributed by atoms with Crippen LogP contribution in [0.4, 0.5) is 0 Å². The topological polar surface area (TPSA) is 79.4 Å². The first kappa shape index (κ1) is 21.8. The third-order valence-corrected chi connectivity index (χ3v) is 7.15. The van der Waals surface area contributed by atoms with Crippen molar-refractivity contribution >= 4 is 20.8 Å². The van der Waals surface area contributed by atoms with Crippen LogP contribution in [0.15, 0.2) is 90.8 Å². The Balaban J connectivity index is 1.53. The van der Waals surface area contributed by atoms with Crippen molar-refractivity contribution in [3.05, 3.63) is 108 Å². The fraction of sp³-hybridized carbons (Fsp3) is 0.200. The lowest BCUT2D eigenvalue weighted by atomic mass is 10.1. The second kappa shape index (κ2) is 9.78. The molecule has 1 aliphatic rings. The van der Waals surface area contributed by atoms with Gasteiger partial charge in [0.25, 0.3) is 15.9 Å². The van der Waals surface area contributed by atoms with E-state index < -0.39 is 15.9 Å². The van der Waals surface area contributed by atoms with E-state index in [1.807, 2.05) is 24.3 Å². The highest BCUT2D eigenvalue weighted by Gasteiger charge is 2.44. The van der Waals surface area contributed by atoms with Crippen LogP contribution in [0.1, 0.15) is 29.7 Å². The number of benzene rings is 2. The second-order valence-corrected chi connectivity index (χ2v) is 9.38. The van der Waals surface area contributed by atoms with Crippen molar-refractivity contribution in [2.45, 2.75) is 25.8 Å². The van der Waals surface area contributed by atoms with Crippen molar-refractivity contribution in [3.8, 4) is 0 Å². The minimum absolute atomic E-state index is 0.0297. The number of sulfonamides is 1. The van der Waals surface area contributed by atoms with Gasteiger partial charge in [-0.05, 0) is 42.5 Å². The zero-order valence-electron chi connectivity index (χ0n) is 17.6. The van der Waals surface area contributed by atoms with E-state index in [0.717, 1.165) is 23.6 Å². The van der Waals surface area contributed by atoms with Crippen LogP contribution in [0.5, 0.6) is 0 Å². The van der Waals surface area contributed by atoms with Crippen LogP contribution in [0.25, 0.3) is 4.91 Å². The van der Waals surface area contributed by atoms with Crippen molar-refractivity contribution in [1.29, 1.82) is 0 Å². The number of hydrogen-bond donors (Lipinski definition) is 1. The van der Waals surface area contributed by atoms with E-state index in [-0.39, 0.29) is 17.1 Å². The summed E-state index contributed by atoms with van der Waals surface area (Å²) in [6.45, 7) is 0.411. The Labute approximate surface area is 188 Å². The SMILES string of the molecule is O=C1C(NCCCCc2ccccc2)=C(c2ccccc2)S(=O)(=O)N1Cc1ccccn1. The fourth-order valence-electron chi connectivity index (χ4n) is 3.72. The van der Waals surface area contributed by atoms with Gasteiger partial charge in [0.2, 0.25) is 0 Å². The molecule has 0 saturated carbocycles. The van der Waals surface area contributed by atoms with Crippen LogP contribution in [-0.4, -0.2) is 30.2 Å². The maximum atomic E-state index is 13.4. The fourth-order valence-corrected chi connectivity index (χ4v) is 5.40. The van der Waals surface area contributed by atoms with E-state index in [9.17, 15) is 13.2 Å². The number of carbonyl (C=O) groups is 1. The molecule has 2 aromatic carbocycles. The van der Waals surface area contributed by atoms with Gasteiger partial charge in [0.1, 0.15) is 10.6 Å². The van der Waals surface area contributed by atoms with Crippen molar-refractivity contribution in [2.75, 3.05) is 6.54 Å². The van der Waals surface area contributed by atoms with Crippen LogP contribution < -0.4 is 5.32 Å². The third kappa shape index (κ3) is 4.73. The molecule has 1 aliphatic heterocycles. The molecule has 3 aromatic rings. The third-order valence-electron chi connectivity index (χ3n) is 5.32. The Morgan fingerprint density at radius 1 is 0.844 bits per heavy atom. The number of aryl methyl sites for hydroxylation is 1. The molecule has 0 spiro atoms. The Kier molecular flexibility index (Phi) is 6.66. The molecule has 0 radical (unpaired) electrons. The highest BCUT2D eigenvalue weighted by molar-refractivity contribution is 7.99. The predicted molar refractivity (Wildman–Crippen MR) is 124 cm³/mol. The minimum atomic E-state index is -4.00. The highest BCUT2D eigenvalue weighted by atomic mass is 32.2. The quantitative estimate of drug-likeness (QED) is 0.506. The van der Waals surface area contributed by atoms with Crippen molar-refractivity contribution in [1.82, 2.24) is 14.6 Å². The summed E-state index contributed by atoms with van der Waals surface area (Å²) in [7, 11) is -4.00. The molecule has 0 atom stereocenters. The van der Waals surface area contributed by atoms with Crippen LogP contribution in [0.2, 0.25) is 0 Å². The summed E-state index contributed by atoms with van der Waals surface area (Å²) in [6, 6.07) is 24.2. The van der Waals surface area contributed by atoms with Gasteiger partial charge < -0.3 is 5.32 Å². The first-order valence-corrected chi connectivity index (χ1v) is 12.1. The molecule has 6 nitrogen and oxygen atoms in total. The standard InChI is InChI=1S/C25H25N3O3S/c29-25-23(27-18-9-7-13-20-11-3-1-4-12-20)24(21-14-5-2-6-15-21)32(30,31)28(25)19-22-16-8-10-17-26-22/h1-6,8,10-12,14-17,27H,7,9,13,18-19H2. The van der Waals surface area contributed by atoms with Gasteiger partial charge in [0.05, 0.1) is 12.2 Å². The number of aromatic nitrogens is 1. The molecule has 4 rings (SSSR count). The molecule has 0 fully saturated rings. The smallest absolute Gasteiger partial charge is 0.285 e. The Hall–Kier alpha value is -3.45. The summed E-state index contributed by atoms with van der Waals surface area (Å²) in [5.41, 5.74) is 2.40. The van der Waals surface area contributed by atoms with E-state index in [0.29, 0.717) is 17.8 Å². The lowest BCUT2D eigenvalue weighted by molar-refractivity contribution is -0.122. The predicted octanol–water partition coefficient (Wildman–Crippen LogP) is 3.73. The zero-order chi connectivity index (χ0) is 22.4. The average Bonchev–Trinajstić information content (AvgIpc) is 3.00. The average molecular weight is 448 g/mol. The van der Waals surface area contributed by atoms with E-state index >= 15 is 0 Å². The lowest BCUT2D eigenvalue weighted by Crippen LogP contribution is -2.33. The Bertz CT molecular complexity index is 1190. The van der Waals surface area contributed by atoms with Gasteiger partial charge in [0.15, 0.2) is 0 Å². The van der Waals surface area contributed by atoms with Gasteiger partial charge in [-0.25, -0.2) is 12.7 Å². The maximum Gasteiger partial charge on any atom is 0.285 e. The molecule has 1 N–H and O–H groups in total. The van der Waals surface area contributed by atoms with Crippen LogP contribution >= 0.6 is 0 Å². The second-order valence-electron chi connectivity index (χ2n) is 7.58. The van der Waals surface area contributed by atoms with Crippen molar-refractivity contribution in [3.63, 3.8) is 0 Å². The highest BCUT2D eigenvalue weighted by Crippen LogP contribution is 2.35. The molecule has 0 unspecified atom stereocenters. The van der Waals surface area contributed by atoms with Gasteiger partial charge in [-0.15, -0.1) is 0 Å². The molecule has 32 heavy (non-hydrogen) atoms. The maximum absolute atomic E-state index is 13.4. The van der Waals surface area contributed by atoms with E-state index in [2.05, 4.69) is 22.4 Å². The summed E-state index contributed by atoms with van der Waals surface area (Å²) < 4.78 is 27.7. The summed E-state index contributed by atoms with van der Waals surface area (Å²) in [6.07, 6.45) is 4.27. The zero-order valence-corrected chi connectivity index (χ0v) is 18.5. The van der Waals surface area contributed by atoms with Gasteiger partial charge in [-0.3, -0.25) is 9.78 Å². The normalized spacial score (nSPS) is 15.2. The summed E-state index contributed by atoms with van der Waals surface area (Å²) >= 11 is 0. The monoisotopic (exact) mass is 447 g/mol. The molecule has 0 aliphatic carbocycles. The lowest BCUT2D eigenvalue weighted by Gasteiger charge is -2.16. The Morgan fingerprint density at radius 3 is 2.22 bits per heavy atom. The van der Waals surface area contributed by atoms with E-state index in [1.54, 1.807) is 48.7 Å². The van der Waals surface area contributed by atoms with E-state index in [1.165, 1.54) is 5.56 Å². The number of rotatable bonds is 9. The summed E-state index contributed by atoms with van der Waals surface area (Å²) in [5.74, 6) is -0.544. The van der Waals surface area contributed by atoms with Crippen LogP contribution in [-0.2, 0) is 27.8 Å². The van der Waals surface area contributed by atoms with Gasteiger partial charge in [0, 0.05) is 12.7 Å². The number of nitrogens with one attached hydrogen (secondary N) is 1. The number of nitrogens with zero attached hydrogens (tertiary/aromatic N) is 2. The minimum Gasteiger partial charge on any atom is -0.379 e. The molecular formula is C25H25N3O3S. The van der Waals surface area contributed by atoms with Crippen LogP contribution in [0, 0.1) is 0 Å². The molecule has 2 heterocycles. The number of pyridine rings is 1.